The summed E-state index contributed by atoms with van der Waals surface area (Å²) in [4.78, 5) is 0.111. The molecule has 4 nitrogen and oxygen atoms in total. The van der Waals surface area contributed by atoms with E-state index in [1.807, 2.05) is 0 Å². The second-order valence-corrected chi connectivity index (χ2v) is 3.02. The fourth-order valence-corrected chi connectivity index (χ4v) is 0.747. The van der Waals surface area contributed by atoms with Crippen LogP contribution in [0.1, 0.15) is 0 Å². The Morgan fingerprint density at radius 2 is 1.88 bits per heavy atom. The van der Waals surface area contributed by atoms with Crippen LogP contribution in [-0.4, -0.2) is 20.4 Å². The number of nitrogens with one attached hydrogen (secondary N) is 2. The van der Waals surface area contributed by atoms with E-state index in [-0.39, 0.29) is 18.6 Å². The molecule has 0 saturated carbocycles. The summed E-state index contributed by atoms with van der Waals surface area (Å²) in [5.74, 6) is 0. The molecule has 0 aliphatic rings. The van der Waals surface area contributed by atoms with Gasteiger partial charge in [0.15, 0.2) is 0 Å². The largest absolute Gasteiger partial charge is 0.634 e. The second kappa shape index (κ2) is 4.18. The first-order valence-electron chi connectivity index (χ1n) is 2.37. The third-order valence-electron chi connectivity index (χ3n) is 0.586. The molecule has 0 fully saturated rings. The smallest absolute Gasteiger partial charge is 0.146 e. The van der Waals surface area contributed by atoms with E-state index < -0.39 is 0 Å². The van der Waals surface area contributed by atoms with Crippen LogP contribution >= 0.6 is 8.73 Å². The Labute approximate surface area is 50.5 Å². The van der Waals surface area contributed by atoms with Gasteiger partial charge in [0.1, 0.15) is 15.0 Å². The van der Waals surface area contributed by atoms with Crippen LogP contribution in [0.15, 0.2) is 0 Å². The van der Waals surface area contributed by atoms with Gasteiger partial charge in [-0.05, 0) is 0 Å². The Hall–Kier alpha value is 0.270. The van der Waals surface area contributed by atoms with Crippen molar-refractivity contribution in [2.75, 3.05) is 20.4 Å². The average Bonchev–Trinajstić information content (AvgIpc) is 1.61. The molecule has 0 rings (SSSR count). The van der Waals surface area contributed by atoms with Crippen LogP contribution in [0, 0.1) is 10.4 Å². The van der Waals surface area contributed by atoms with Gasteiger partial charge >= 0.3 is 0 Å². The zero-order valence-electron chi connectivity index (χ0n) is 5.02. The predicted octanol–water partition coefficient (Wildman–Crippen LogP) is -2.44. The standard InChI is InChI=1S/C3H11N2O2P/c1-4(6)3-8-5(2)7/h4-5,8H,3H2,1-2H3. The van der Waals surface area contributed by atoms with Gasteiger partial charge in [-0.1, -0.05) is 0 Å². The van der Waals surface area contributed by atoms with Gasteiger partial charge in [0.2, 0.25) is 0 Å². The van der Waals surface area contributed by atoms with Crippen LogP contribution in [-0.2, 0) is 0 Å². The zero-order chi connectivity index (χ0) is 6.57. The molecule has 0 radical (unpaired) electrons. The molecule has 0 amide bonds. The molecule has 0 aromatic rings. The summed E-state index contributed by atoms with van der Waals surface area (Å²) in [6, 6.07) is 0. The first-order valence-corrected chi connectivity index (χ1v) is 3.57. The highest BCUT2D eigenvalue weighted by Gasteiger charge is 1.90. The number of hydrogen-bond donors (Lipinski definition) is 2. The molecule has 3 atom stereocenters. The van der Waals surface area contributed by atoms with Gasteiger partial charge in [-0.15, -0.1) is 0 Å². The van der Waals surface area contributed by atoms with Crippen molar-refractivity contribution in [3.05, 3.63) is 10.4 Å². The Morgan fingerprint density at radius 1 is 1.38 bits per heavy atom. The summed E-state index contributed by atoms with van der Waals surface area (Å²) in [5, 5.41) is 20.5. The third kappa shape index (κ3) is 6.27. The van der Waals surface area contributed by atoms with E-state index in [0.29, 0.717) is 6.29 Å². The summed E-state index contributed by atoms with van der Waals surface area (Å²) in [7, 11) is 3.18. The van der Waals surface area contributed by atoms with Gasteiger partial charge in [0.05, 0.1) is 14.1 Å². The minimum Gasteiger partial charge on any atom is -0.634 e. The van der Waals surface area contributed by atoms with Gasteiger partial charge in [0.25, 0.3) is 0 Å². The topological polar surface area (TPSA) is 55.0 Å². The van der Waals surface area contributed by atoms with Crippen LogP contribution in [0.3, 0.4) is 0 Å². The highest BCUT2D eigenvalue weighted by atomic mass is 31.1. The first-order chi connectivity index (χ1) is 3.63. The molecule has 0 aromatic heterocycles. The first kappa shape index (κ1) is 8.27. The maximum atomic E-state index is 10.2. The van der Waals surface area contributed by atoms with Crippen molar-refractivity contribution in [1.29, 1.82) is 0 Å². The van der Waals surface area contributed by atoms with Crippen molar-refractivity contribution in [3.8, 4) is 0 Å². The second-order valence-electron chi connectivity index (χ2n) is 1.61. The molecule has 8 heavy (non-hydrogen) atoms. The van der Waals surface area contributed by atoms with Gasteiger partial charge in [-0.2, -0.15) is 0 Å². The van der Waals surface area contributed by atoms with E-state index in [2.05, 4.69) is 0 Å². The molecule has 50 valence electrons. The molecule has 0 heterocycles. The van der Waals surface area contributed by atoms with Crippen LogP contribution in [0.2, 0.25) is 0 Å². The molecule has 0 aromatic carbocycles. The molecule has 0 saturated heterocycles. The molecule has 0 aliphatic heterocycles. The van der Waals surface area contributed by atoms with Gasteiger partial charge < -0.3 is 20.3 Å². The summed E-state index contributed by atoms with van der Waals surface area (Å²) < 4.78 is 0. The summed E-state index contributed by atoms with van der Waals surface area (Å²) in [6.07, 6.45) is 0.426. The summed E-state index contributed by atoms with van der Waals surface area (Å²) in [5.41, 5.74) is 0. The molecule has 0 spiro atoms. The monoisotopic (exact) mass is 138 g/mol. The van der Waals surface area contributed by atoms with E-state index in [9.17, 15) is 10.4 Å². The average molecular weight is 138 g/mol. The van der Waals surface area contributed by atoms with E-state index in [1.54, 1.807) is 0 Å². The van der Waals surface area contributed by atoms with E-state index >= 15 is 0 Å². The van der Waals surface area contributed by atoms with Crippen molar-refractivity contribution < 1.29 is 9.90 Å². The molecule has 3 unspecified atom stereocenters. The molecular weight excluding hydrogens is 127 g/mol. The van der Waals surface area contributed by atoms with Crippen LogP contribution in [0.4, 0.5) is 0 Å². The lowest BCUT2D eigenvalue weighted by Gasteiger charge is -2.19. The Kier molecular flexibility index (Phi) is 4.32. The molecule has 0 aliphatic carbocycles. The van der Waals surface area contributed by atoms with Gasteiger partial charge in [0, 0.05) is 0 Å². The van der Waals surface area contributed by atoms with E-state index in [1.165, 1.54) is 14.1 Å². The number of hydroxylamine groups is 3. The summed E-state index contributed by atoms with van der Waals surface area (Å²) >= 11 is 0. The van der Waals surface area contributed by atoms with Crippen LogP contribution in [0.5, 0.6) is 0 Å². The van der Waals surface area contributed by atoms with Crippen molar-refractivity contribution in [2.24, 2.45) is 0 Å². The number of hydrogen-bond acceptors (Lipinski definition) is 2. The van der Waals surface area contributed by atoms with E-state index in [4.69, 9.17) is 0 Å². The molecule has 0 bridgehead atoms. The SMILES string of the molecule is C[NH+]([O-])CP[NH+](C)[O-]. The van der Waals surface area contributed by atoms with Crippen molar-refractivity contribution in [1.82, 2.24) is 0 Å². The molecule has 5 heteroatoms. The van der Waals surface area contributed by atoms with Crippen LogP contribution < -0.4 is 9.90 Å². The lowest BCUT2D eigenvalue weighted by Crippen LogP contribution is -3.06. The Morgan fingerprint density at radius 3 is 2.00 bits per heavy atom. The van der Waals surface area contributed by atoms with Gasteiger partial charge in [-0.25, -0.2) is 0 Å². The zero-order valence-corrected chi connectivity index (χ0v) is 6.02. The van der Waals surface area contributed by atoms with Gasteiger partial charge in [-0.3, -0.25) is 0 Å². The number of quaternary nitrogens is 2. The third-order valence-corrected chi connectivity index (χ3v) is 1.76. The Bertz CT molecular complexity index is 51.2. The van der Waals surface area contributed by atoms with Crippen molar-refractivity contribution in [3.63, 3.8) is 0 Å². The fraction of sp³-hybridized carbons (Fsp3) is 1.00. The maximum Gasteiger partial charge on any atom is 0.146 e. The van der Waals surface area contributed by atoms with Crippen LogP contribution in [0.25, 0.3) is 0 Å². The summed E-state index contributed by atoms with van der Waals surface area (Å²) in [6.45, 7) is 0. The highest BCUT2D eigenvalue weighted by molar-refractivity contribution is 7.29. The van der Waals surface area contributed by atoms with Crippen molar-refractivity contribution in [2.45, 2.75) is 0 Å². The Balaban J connectivity index is 2.93. The number of rotatable bonds is 3. The van der Waals surface area contributed by atoms with E-state index in [0.717, 1.165) is 0 Å². The molecule has 2 N–H and O–H groups in total. The maximum absolute atomic E-state index is 10.2. The minimum atomic E-state index is 0.0959. The minimum absolute atomic E-state index is 0.0959. The van der Waals surface area contributed by atoms with Crippen molar-refractivity contribution >= 4 is 8.73 Å². The quantitative estimate of drug-likeness (QED) is 0.336. The molecular formula is C3H11N2O2P. The fourth-order valence-electron chi connectivity index (χ4n) is 0.249. The normalized spacial score (nSPS) is 19.5. The highest BCUT2D eigenvalue weighted by Crippen LogP contribution is 1.83. The lowest BCUT2D eigenvalue weighted by molar-refractivity contribution is -0.818. The lowest BCUT2D eigenvalue weighted by atomic mass is 11.2. The predicted molar refractivity (Wildman–Crippen MR) is 33.7 cm³/mol.